The summed E-state index contributed by atoms with van der Waals surface area (Å²) in [4.78, 5) is 28.5. The van der Waals surface area contributed by atoms with E-state index in [1.807, 2.05) is 29.8 Å². The average molecular weight is 492 g/mol. The van der Waals surface area contributed by atoms with Gasteiger partial charge in [0.1, 0.15) is 0 Å². The Morgan fingerprint density at radius 1 is 1.06 bits per heavy atom. The third-order valence-electron chi connectivity index (χ3n) is 6.23. The van der Waals surface area contributed by atoms with Gasteiger partial charge in [-0.05, 0) is 67.1 Å². The number of halogens is 3. The Labute approximate surface area is 198 Å². The molecule has 1 aliphatic carbocycles. The second kappa shape index (κ2) is 10.1. The fourth-order valence-corrected chi connectivity index (χ4v) is 4.85. The van der Waals surface area contributed by atoms with Gasteiger partial charge in [0, 0.05) is 30.4 Å². The van der Waals surface area contributed by atoms with E-state index >= 15 is 0 Å². The summed E-state index contributed by atoms with van der Waals surface area (Å²) >= 11 is 1.56. The normalized spacial score (nSPS) is 16.6. The molecule has 5 rings (SSSR count). The number of anilines is 1. The van der Waals surface area contributed by atoms with Crippen molar-refractivity contribution in [2.45, 2.75) is 44.3 Å². The highest BCUT2D eigenvalue weighted by molar-refractivity contribution is 7.16. The summed E-state index contributed by atoms with van der Waals surface area (Å²) in [5.74, 6) is -2.82. The van der Waals surface area contributed by atoms with Crippen molar-refractivity contribution in [1.82, 2.24) is 9.88 Å². The molecule has 0 unspecified atom stereocenters. The molecule has 180 valence electrons. The Kier molecular flexibility index (Phi) is 7.18. The molecular weight excluding hydrogens is 467 g/mol. The van der Waals surface area contributed by atoms with E-state index in [9.17, 15) is 18.0 Å². The van der Waals surface area contributed by atoms with Gasteiger partial charge in [0.15, 0.2) is 0 Å². The predicted molar refractivity (Wildman–Crippen MR) is 124 cm³/mol. The number of rotatable bonds is 3. The Bertz CT molecular complexity index is 1190. The molecule has 2 N–H and O–H groups in total. The zero-order chi connectivity index (χ0) is 24.3. The summed E-state index contributed by atoms with van der Waals surface area (Å²) in [7, 11) is 0. The molecule has 1 fully saturated rings. The lowest BCUT2D eigenvalue weighted by molar-refractivity contribution is -0.192. The molecule has 3 aromatic rings. The zero-order valence-corrected chi connectivity index (χ0v) is 19.1. The van der Waals surface area contributed by atoms with Gasteiger partial charge in [-0.15, -0.1) is 11.3 Å². The maximum Gasteiger partial charge on any atom is 0.490 e. The van der Waals surface area contributed by atoms with Crippen LogP contribution in [0.15, 0.2) is 41.9 Å². The molecule has 0 saturated heterocycles. The number of carboxylic acids is 1. The van der Waals surface area contributed by atoms with E-state index in [0.29, 0.717) is 5.56 Å². The van der Waals surface area contributed by atoms with Gasteiger partial charge in [-0.3, -0.25) is 9.69 Å². The number of amides is 1. The lowest BCUT2D eigenvalue weighted by Gasteiger charge is -2.36. The summed E-state index contributed by atoms with van der Waals surface area (Å²) in [6, 6.07) is 12.9. The summed E-state index contributed by atoms with van der Waals surface area (Å²) in [5.41, 5.74) is 7.13. The maximum absolute atomic E-state index is 12.7. The average Bonchev–Trinajstić information content (AvgIpc) is 3.13. The number of aromatic nitrogens is 1. The molecule has 6 nitrogen and oxygen atoms in total. The first kappa shape index (κ1) is 24.2. The lowest BCUT2D eigenvalue weighted by Crippen LogP contribution is -2.41. The van der Waals surface area contributed by atoms with Gasteiger partial charge in [-0.1, -0.05) is 12.5 Å². The van der Waals surface area contributed by atoms with E-state index in [-0.39, 0.29) is 5.91 Å². The largest absolute Gasteiger partial charge is 0.490 e. The Balaban J connectivity index is 0.000000344. The van der Waals surface area contributed by atoms with Gasteiger partial charge < -0.3 is 10.4 Å². The zero-order valence-electron chi connectivity index (χ0n) is 18.3. The van der Waals surface area contributed by atoms with Crippen LogP contribution in [0.4, 0.5) is 18.9 Å². The summed E-state index contributed by atoms with van der Waals surface area (Å²) in [6.45, 7) is 2.30. The number of nitrogens with one attached hydrogen (secondary N) is 1. The second-order valence-corrected chi connectivity index (χ2v) is 9.28. The van der Waals surface area contributed by atoms with Gasteiger partial charge in [0.2, 0.25) is 0 Å². The number of alkyl halides is 3. The number of carboxylic acid groups (broad SMARTS) is 1. The highest BCUT2D eigenvalue weighted by Gasteiger charge is 2.38. The SMILES string of the molecule is O=C(Nc1ccc2c(c1)CCN(C1CCC1)CC2)c1ccc2ncsc2c1.O=C(O)C(F)(F)F. The van der Waals surface area contributed by atoms with E-state index in [1.165, 1.54) is 30.4 Å². The van der Waals surface area contributed by atoms with Crippen LogP contribution in [-0.2, 0) is 17.6 Å². The molecule has 1 aromatic heterocycles. The number of carbonyl (C=O) groups is 2. The standard InChI is InChI=1S/C22H23N3OS.C2HF3O2/c26-22(17-5-7-20-21(13-17)27-14-23-20)24-18-6-4-15-8-10-25(19-2-1-3-19)11-9-16(15)12-18;3-2(4,5)1(6)7/h4-7,12-14,19H,1-3,8-11H2,(H,24,26);(H,6,7). The number of carbonyl (C=O) groups excluding carboxylic acids is 1. The fourth-order valence-electron chi connectivity index (χ4n) is 4.14. The van der Waals surface area contributed by atoms with Crippen LogP contribution < -0.4 is 5.32 Å². The number of hydrogen-bond donors (Lipinski definition) is 2. The molecule has 2 aliphatic rings. The van der Waals surface area contributed by atoms with Crippen LogP contribution >= 0.6 is 11.3 Å². The molecule has 1 saturated carbocycles. The van der Waals surface area contributed by atoms with Crippen LogP contribution in [0.2, 0.25) is 0 Å². The summed E-state index contributed by atoms with van der Waals surface area (Å²) in [6.07, 6.45) is 1.21. The highest BCUT2D eigenvalue weighted by Crippen LogP contribution is 2.28. The molecule has 2 aromatic carbocycles. The van der Waals surface area contributed by atoms with Crippen molar-refractivity contribution in [2.75, 3.05) is 18.4 Å². The minimum Gasteiger partial charge on any atom is -0.475 e. The Hall–Kier alpha value is -2.98. The first-order valence-corrected chi connectivity index (χ1v) is 11.9. The van der Waals surface area contributed by atoms with Crippen LogP contribution in [0.5, 0.6) is 0 Å². The molecule has 1 amide bonds. The van der Waals surface area contributed by atoms with Crippen molar-refractivity contribution in [3.8, 4) is 0 Å². The molecule has 0 bridgehead atoms. The first-order chi connectivity index (χ1) is 16.2. The van der Waals surface area contributed by atoms with Crippen LogP contribution in [0, 0.1) is 0 Å². The molecule has 1 aliphatic heterocycles. The number of hydrogen-bond acceptors (Lipinski definition) is 5. The summed E-state index contributed by atoms with van der Waals surface area (Å²) in [5, 5.41) is 10.2. The molecular formula is C24H24F3N3O3S. The van der Waals surface area contributed by atoms with Crippen molar-refractivity contribution in [2.24, 2.45) is 0 Å². The maximum atomic E-state index is 12.7. The monoisotopic (exact) mass is 491 g/mol. The molecule has 0 atom stereocenters. The third kappa shape index (κ3) is 5.74. The van der Waals surface area contributed by atoms with Crippen molar-refractivity contribution in [3.05, 3.63) is 58.6 Å². The van der Waals surface area contributed by atoms with Crippen LogP contribution in [-0.4, -0.2) is 52.2 Å². The van der Waals surface area contributed by atoms with E-state index in [0.717, 1.165) is 47.9 Å². The molecule has 0 radical (unpaired) electrons. The Morgan fingerprint density at radius 3 is 2.41 bits per heavy atom. The van der Waals surface area contributed by atoms with Crippen molar-refractivity contribution in [1.29, 1.82) is 0 Å². The minimum absolute atomic E-state index is 0.0602. The minimum atomic E-state index is -5.08. The van der Waals surface area contributed by atoms with Crippen molar-refractivity contribution >= 4 is 39.1 Å². The lowest BCUT2D eigenvalue weighted by atomic mass is 9.91. The quantitative estimate of drug-likeness (QED) is 0.531. The van der Waals surface area contributed by atoms with E-state index in [1.54, 1.807) is 11.3 Å². The van der Waals surface area contributed by atoms with Gasteiger partial charge >= 0.3 is 12.1 Å². The third-order valence-corrected chi connectivity index (χ3v) is 7.02. The highest BCUT2D eigenvalue weighted by atomic mass is 32.1. The topological polar surface area (TPSA) is 82.5 Å². The van der Waals surface area contributed by atoms with Gasteiger partial charge in [-0.2, -0.15) is 13.2 Å². The van der Waals surface area contributed by atoms with Crippen molar-refractivity contribution in [3.63, 3.8) is 0 Å². The number of fused-ring (bicyclic) bond motifs is 2. The van der Waals surface area contributed by atoms with Gasteiger partial charge in [-0.25, -0.2) is 9.78 Å². The van der Waals surface area contributed by atoms with Crippen LogP contribution in [0.3, 0.4) is 0 Å². The molecule has 10 heteroatoms. The fraction of sp³-hybridized carbons (Fsp3) is 0.375. The number of benzene rings is 2. The van der Waals surface area contributed by atoms with E-state index in [2.05, 4.69) is 27.3 Å². The van der Waals surface area contributed by atoms with Crippen molar-refractivity contribution < 1.29 is 27.9 Å². The molecule has 34 heavy (non-hydrogen) atoms. The van der Waals surface area contributed by atoms with Crippen LogP contribution in [0.25, 0.3) is 10.2 Å². The predicted octanol–water partition coefficient (Wildman–Crippen LogP) is 5.14. The van der Waals surface area contributed by atoms with E-state index < -0.39 is 12.1 Å². The number of nitrogens with zero attached hydrogens (tertiary/aromatic N) is 2. The molecule has 2 heterocycles. The molecule has 0 spiro atoms. The second-order valence-electron chi connectivity index (χ2n) is 8.40. The van der Waals surface area contributed by atoms with Gasteiger partial charge in [0.25, 0.3) is 5.91 Å². The van der Waals surface area contributed by atoms with E-state index in [4.69, 9.17) is 9.90 Å². The number of thiazole rings is 1. The Morgan fingerprint density at radius 2 is 1.76 bits per heavy atom. The van der Waals surface area contributed by atoms with Gasteiger partial charge in [0.05, 0.1) is 15.7 Å². The smallest absolute Gasteiger partial charge is 0.475 e. The summed E-state index contributed by atoms with van der Waals surface area (Å²) < 4.78 is 32.8. The first-order valence-electron chi connectivity index (χ1n) is 11.0. The van der Waals surface area contributed by atoms with Crippen LogP contribution in [0.1, 0.15) is 40.7 Å². The number of aliphatic carboxylic acids is 1.